The van der Waals surface area contributed by atoms with E-state index in [0.29, 0.717) is 24.6 Å². The molecule has 0 bridgehead atoms. The van der Waals surface area contributed by atoms with Gasteiger partial charge in [-0.1, -0.05) is 0 Å². The second-order valence-electron chi connectivity index (χ2n) is 3.95. The van der Waals surface area contributed by atoms with E-state index in [2.05, 4.69) is 20.6 Å². The molecule has 0 saturated carbocycles. The van der Waals surface area contributed by atoms with E-state index in [4.69, 9.17) is 10.5 Å². The molecule has 8 heteroatoms. The predicted octanol–water partition coefficient (Wildman–Crippen LogP) is -0.807. The van der Waals surface area contributed by atoms with E-state index >= 15 is 0 Å². The average molecular weight is 252 g/mol. The molecule has 2 aromatic heterocycles. The van der Waals surface area contributed by atoms with Crippen LogP contribution in [0.3, 0.4) is 0 Å². The fourth-order valence-corrected chi connectivity index (χ4v) is 1.58. The molecule has 0 aliphatic rings. The van der Waals surface area contributed by atoms with Crippen molar-refractivity contribution in [3.8, 4) is 0 Å². The zero-order valence-electron chi connectivity index (χ0n) is 10.1. The van der Waals surface area contributed by atoms with Gasteiger partial charge < -0.3 is 15.8 Å². The van der Waals surface area contributed by atoms with E-state index in [1.165, 1.54) is 4.52 Å². The number of methoxy groups -OCH3 is 1. The van der Waals surface area contributed by atoms with Crippen LogP contribution in [0, 0.1) is 0 Å². The van der Waals surface area contributed by atoms with E-state index in [9.17, 15) is 4.79 Å². The molecule has 0 radical (unpaired) electrons. The largest absolute Gasteiger partial charge is 0.383 e. The number of anilines is 1. The van der Waals surface area contributed by atoms with Crippen LogP contribution in [0.4, 0.5) is 5.82 Å². The van der Waals surface area contributed by atoms with Gasteiger partial charge in [0.05, 0.1) is 6.61 Å². The quantitative estimate of drug-likeness (QED) is 0.620. The fraction of sp³-hybridized carbons (Fsp3) is 0.500. The molecule has 0 saturated heterocycles. The number of hydrogen-bond acceptors (Lipinski definition) is 6. The first-order chi connectivity index (χ1) is 8.70. The maximum atomic E-state index is 11.3. The van der Waals surface area contributed by atoms with Crippen molar-refractivity contribution in [2.24, 2.45) is 5.73 Å². The summed E-state index contributed by atoms with van der Waals surface area (Å²) in [6.45, 7) is 1.19. The maximum Gasteiger partial charge on any atom is 0.364 e. The van der Waals surface area contributed by atoms with Crippen LogP contribution in [0.5, 0.6) is 0 Å². The van der Waals surface area contributed by atoms with Gasteiger partial charge in [0.15, 0.2) is 5.65 Å². The van der Waals surface area contributed by atoms with Crippen molar-refractivity contribution in [1.82, 2.24) is 19.8 Å². The van der Waals surface area contributed by atoms with E-state index < -0.39 is 0 Å². The molecular weight excluding hydrogens is 236 g/mol. The monoisotopic (exact) mass is 252 g/mol. The van der Waals surface area contributed by atoms with Crippen molar-refractivity contribution >= 4 is 11.5 Å². The number of nitrogens with zero attached hydrogens (tertiary/aromatic N) is 3. The Labute approximate surface area is 103 Å². The Hall–Kier alpha value is -1.93. The van der Waals surface area contributed by atoms with Crippen LogP contribution in [-0.2, 0) is 4.74 Å². The van der Waals surface area contributed by atoms with Crippen molar-refractivity contribution in [1.29, 1.82) is 0 Å². The van der Waals surface area contributed by atoms with E-state index in [0.717, 1.165) is 6.42 Å². The molecule has 0 aliphatic carbocycles. The Balaban J connectivity index is 1.95. The smallest absolute Gasteiger partial charge is 0.364 e. The topological polar surface area (TPSA) is 110 Å². The van der Waals surface area contributed by atoms with Crippen LogP contribution >= 0.6 is 0 Å². The molecule has 0 fully saturated rings. The summed E-state index contributed by atoms with van der Waals surface area (Å²) < 4.78 is 6.15. The second kappa shape index (κ2) is 5.61. The number of nitrogens with two attached hydrogens (primary N) is 1. The van der Waals surface area contributed by atoms with Gasteiger partial charge in [0.2, 0.25) is 0 Å². The molecule has 0 aromatic carbocycles. The molecule has 98 valence electrons. The molecule has 2 rings (SSSR count). The molecule has 2 heterocycles. The molecule has 1 atom stereocenters. The van der Waals surface area contributed by atoms with Gasteiger partial charge in [-0.3, -0.25) is 0 Å². The minimum absolute atomic E-state index is 0.0112. The van der Waals surface area contributed by atoms with E-state index in [1.807, 2.05) is 0 Å². The van der Waals surface area contributed by atoms with Gasteiger partial charge in [0.1, 0.15) is 5.82 Å². The number of hydrogen-bond donors (Lipinski definition) is 3. The number of H-pyrrole nitrogens is 1. The van der Waals surface area contributed by atoms with Crippen molar-refractivity contribution < 1.29 is 4.74 Å². The van der Waals surface area contributed by atoms with Crippen molar-refractivity contribution in [2.75, 3.05) is 25.6 Å². The Morgan fingerprint density at radius 3 is 3.22 bits per heavy atom. The maximum absolute atomic E-state index is 11.3. The van der Waals surface area contributed by atoms with Crippen LogP contribution in [0.1, 0.15) is 6.42 Å². The lowest BCUT2D eigenvalue weighted by molar-refractivity contribution is 0.178. The van der Waals surface area contributed by atoms with Gasteiger partial charge in [-0.25, -0.2) is 9.89 Å². The van der Waals surface area contributed by atoms with Crippen LogP contribution in [0.25, 0.3) is 5.65 Å². The molecule has 18 heavy (non-hydrogen) atoms. The summed E-state index contributed by atoms with van der Waals surface area (Å²) in [5, 5.41) is 13.3. The minimum atomic E-state index is -0.357. The number of aromatic amines is 1. The Morgan fingerprint density at radius 1 is 1.61 bits per heavy atom. The summed E-state index contributed by atoms with van der Waals surface area (Å²) in [6, 6.07) is 3.46. The molecule has 1 unspecified atom stereocenters. The molecular formula is C10H16N6O2. The highest BCUT2D eigenvalue weighted by molar-refractivity contribution is 5.42. The van der Waals surface area contributed by atoms with Gasteiger partial charge in [0.25, 0.3) is 0 Å². The highest BCUT2D eigenvalue weighted by atomic mass is 16.5. The van der Waals surface area contributed by atoms with Gasteiger partial charge in [0, 0.05) is 19.7 Å². The Morgan fingerprint density at radius 2 is 2.44 bits per heavy atom. The number of rotatable bonds is 6. The summed E-state index contributed by atoms with van der Waals surface area (Å²) in [5.74, 6) is 0.607. The highest BCUT2D eigenvalue weighted by Crippen LogP contribution is 2.03. The van der Waals surface area contributed by atoms with Crippen LogP contribution in [0.15, 0.2) is 16.9 Å². The summed E-state index contributed by atoms with van der Waals surface area (Å²) in [7, 11) is 1.62. The third-order valence-corrected chi connectivity index (χ3v) is 2.48. The van der Waals surface area contributed by atoms with Gasteiger partial charge in [-0.05, 0) is 18.6 Å². The zero-order chi connectivity index (χ0) is 13.0. The Kier molecular flexibility index (Phi) is 3.90. The number of ether oxygens (including phenoxy) is 1. The fourth-order valence-electron chi connectivity index (χ4n) is 1.58. The summed E-state index contributed by atoms with van der Waals surface area (Å²) >= 11 is 0. The summed E-state index contributed by atoms with van der Waals surface area (Å²) in [5.41, 5.74) is 5.92. The van der Waals surface area contributed by atoms with Gasteiger partial charge in [-0.2, -0.15) is 9.61 Å². The molecule has 0 aliphatic heterocycles. The van der Waals surface area contributed by atoms with Crippen LogP contribution in [0.2, 0.25) is 0 Å². The SMILES string of the molecule is COCC(N)CCNc1ccc2n[nH]c(=O)n2n1. The zero-order valence-corrected chi connectivity index (χ0v) is 10.1. The third-order valence-electron chi connectivity index (χ3n) is 2.48. The normalized spacial score (nSPS) is 12.8. The average Bonchev–Trinajstić information content (AvgIpc) is 2.71. The third kappa shape index (κ3) is 2.84. The van der Waals surface area contributed by atoms with Crippen molar-refractivity contribution in [3.63, 3.8) is 0 Å². The molecule has 0 amide bonds. The van der Waals surface area contributed by atoms with Gasteiger partial charge >= 0.3 is 5.69 Å². The predicted molar refractivity (Wildman–Crippen MR) is 66.6 cm³/mol. The van der Waals surface area contributed by atoms with E-state index in [1.54, 1.807) is 19.2 Å². The van der Waals surface area contributed by atoms with Gasteiger partial charge in [-0.15, -0.1) is 5.10 Å². The summed E-state index contributed by atoms with van der Waals surface area (Å²) in [4.78, 5) is 11.3. The van der Waals surface area contributed by atoms with E-state index in [-0.39, 0.29) is 11.7 Å². The van der Waals surface area contributed by atoms with Crippen molar-refractivity contribution in [2.45, 2.75) is 12.5 Å². The lowest BCUT2D eigenvalue weighted by Gasteiger charge is -2.10. The molecule has 0 spiro atoms. The second-order valence-corrected chi connectivity index (χ2v) is 3.95. The first kappa shape index (κ1) is 12.5. The van der Waals surface area contributed by atoms with Crippen LogP contribution in [-0.4, -0.2) is 46.1 Å². The number of nitrogens with one attached hydrogen (secondary N) is 2. The minimum Gasteiger partial charge on any atom is -0.383 e. The number of aromatic nitrogens is 4. The van der Waals surface area contributed by atoms with Crippen LogP contribution < -0.4 is 16.7 Å². The molecule has 8 nitrogen and oxygen atoms in total. The molecule has 2 aromatic rings. The standard InChI is InChI=1S/C10H16N6O2/c1-18-6-7(11)4-5-12-8-2-3-9-13-14-10(17)16(9)15-8/h2-3,7H,4-6,11H2,1H3,(H,12,15)(H,14,17). The first-order valence-corrected chi connectivity index (χ1v) is 5.63. The Bertz CT molecular complexity index is 563. The number of fused-ring (bicyclic) bond motifs is 1. The lowest BCUT2D eigenvalue weighted by atomic mass is 10.2. The van der Waals surface area contributed by atoms with Crippen molar-refractivity contribution in [3.05, 3.63) is 22.6 Å². The first-order valence-electron chi connectivity index (χ1n) is 5.63. The lowest BCUT2D eigenvalue weighted by Crippen LogP contribution is -2.28. The highest BCUT2D eigenvalue weighted by Gasteiger charge is 2.04. The molecule has 4 N–H and O–H groups in total. The summed E-state index contributed by atoms with van der Waals surface area (Å²) in [6.07, 6.45) is 0.758.